The summed E-state index contributed by atoms with van der Waals surface area (Å²) in [6.07, 6.45) is 1.73. The Morgan fingerprint density at radius 3 is 2.40 bits per heavy atom. The Kier molecular flexibility index (Phi) is 6.95. The van der Waals surface area contributed by atoms with Gasteiger partial charge in [0.2, 0.25) is 0 Å². The Morgan fingerprint density at radius 1 is 1.08 bits per heavy atom. The predicted octanol–water partition coefficient (Wildman–Crippen LogP) is 4.70. The van der Waals surface area contributed by atoms with Gasteiger partial charge in [0.15, 0.2) is 11.5 Å². The molecular formula is C19H22ClNO4. The zero-order valence-corrected chi connectivity index (χ0v) is 15.5. The molecule has 2 aromatic rings. The van der Waals surface area contributed by atoms with E-state index in [1.54, 1.807) is 25.5 Å². The largest absolute Gasteiger partial charge is 0.493 e. The van der Waals surface area contributed by atoms with Crippen LogP contribution in [0.2, 0.25) is 5.02 Å². The van der Waals surface area contributed by atoms with Crippen molar-refractivity contribution >= 4 is 17.8 Å². The summed E-state index contributed by atoms with van der Waals surface area (Å²) in [5.74, 6) is 1.87. The van der Waals surface area contributed by atoms with Gasteiger partial charge in [-0.2, -0.15) is 0 Å². The van der Waals surface area contributed by atoms with Crippen LogP contribution in [-0.4, -0.2) is 26.5 Å². The highest BCUT2D eigenvalue weighted by molar-refractivity contribution is 6.32. The van der Waals surface area contributed by atoms with E-state index < -0.39 is 0 Å². The molecule has 2 rings (SSSR count). The first kappa shape index (κ1) is 18.9. The first-order valence-corrected chi connectivity index (χ1v) is 8.23. The van der Waals surface area contributed by atoms with Crippen molar-refractivity contribution in [3.63, 3.8) is 0 Å². The third kappa shape index (κ3) is 5.57. The predicted molar refractivity (Wildman–Crippen MR) is 99.1 cm³/mol. The van der Waals surface area contributed by atoms with Crippen molar-refractivity contribution in [3.8, 4) is 17.2 Å². The van der Waals surface area contributed by atoms with Gasteiger partial charge in [-0.3, -0.25) is 0 Å². The summed E-state index contributed by atoms with van der Waals surface area (Å²) < 4.78 is 16.0. The van der Waals surface area contributed by atoms with Crippen LogP contribution in [0.5, 0.6) is 17.2 Å². The first-order valence-electron chi connectivity index (χ1n) is 7.86. The van der Waals surface area contributed by atoms with Gasteiger partial charge < -0.3 is 19.0 Å². The quantitative estimate of drug-likeness (QED) is 0.504. The van der Waals surface area contributed by atoms with Crippen molar-refractivity contribution in [3.05, 3.63) is 52.5 Å². The number of rotatable bonds is 8. The SMILES string of the molecule is COc1cc(/C=N/OCc2ccc(OC(C)C)cc2)cc(Cl)c1OC. The molecule has 0 aliphatic carbocycles. The third-order valence-electron chi connectivity index (χ3n) is 3.26. The van der Waals surface area contributed by atoms with Crippen LogP contribution in [0, 0.1) is 0 Å². The Morgan fingerprint density at radius 2 is 1.80 bits per heavy atom. The van der Waals surface area contributed by atoms with E-state index in [9.17, 15) is 0 Å². The van der Waals surface area contributed by atoms with Crippen LogP contribution in [0.3, 0.4) is 0 Å². The fourth-order valence-electron chi connectivity index (χ4n) is 2.16. The zero-order valence-electron chi connectivity index (χ0n) is 14.8. The van der Waals surface area contributed by atoms with Crippen molar-refractivity contribution in [2.24, 2.45) is 5.16 Å². The van der Waals surface area contributed by atoms with Gasteiger partial charge in [-0.1, -0.05) is 28.9 Å². The van der Waals surface area contributed by atoms with Crippen LogP contribution in [0.25, 0.3) is 0 Å². The zero-order chi connectivity index (χ0) is 18.2. The second kappa shape index (κ2) is 9.18. The summed E-state index contributed by atoms with van der Waals surface area (Å²) in [7, 11) is 3.09. The number of hydrogen-bond donors (Lipinski definition) is 0. The van der Waals surface area contributed by atoms with Crippen LogP contribution in [0.1, 0.15) is 25.0 Å². The molecule has 0 saturated heterocycles. The number of benzene rings is 2. The monoisotopic (exact) mass is 363 g/mol. The van der Waals surface area contributed by atoms with Gasteiger partial charge in [0.25, 0.3) is 0 Å². The molecule has 0 heterocycles. The molecular weight excluding hydrogens is 342 g/mol. The van der Waals surface area contributed by atoms with Gasteiger partial charge in [0.05, 0.1) is 31.6 Å². The molecule has 2 aromatic carbocycles. The Hall–Kier alpha value is -2.40. The Balaban J connectivity index is 1.94. The highest BCUT2D eigenvalue weighted by atomic mass is 35.5. The number of nitrogens with zero attached hydrogens (tertiary/aromatic N) is 1. The standard InChI is InChI=1S/C19H22ClNO4/c1-13(2)25-16-7-5-14(6-8-16)12-24-21-11-15-9-17(20)19(23-4)18(10-15)22-3/h5-11,13H,12H2,1-4H3/b21-11+. The fourth-order valence-corrected chi connectivity index (χ4v) is 2.46. The molecule has 0 aliphatic rings. The maximum atomic E-state index is 6.15. The van der Waals surface area contributed by atoms with Crippen LogP contribution >= 0.6 is 11.6 Å². The molecule has 134 valence electrons. The maximum Gasteiger partial charge on any atom is 0.179 e. The smallest absolute Gasteiger partial charge is 0.179 e. The van der Waals surface area contributed by atoms with Crippen LogP contribution in [-0.2, 0) is 11.4 Å². The van der Waals surface area contributed by atoms with Gasteiger partial charge in [-0.15, -0.1) is 0 Å². The van der Waals surface area contributed by atoms with Gasteiger partial charge in [-0.05, 0) is 43.7 Å². The van der Waals surface area contributed by atoms with Gasteiger partial charge in [0.1, 0.15) is 12.4 Å². The number of hydrogen-bond acceptors (Lipinski definition) is 5. The van der Waals surface area contributed by atoms with E-state index >= 15 is 0 Å². The minimum absolute atomic E-state index is 0.153. The lowest BCUT2D eigenvalue weighted by Crippen LogP contribution is -2.05. The minimum atomic E-state index is 0.153. The highest BCUT2D eigenvalue weighted by Crippen LogP contribution is 2.35. The van der Waals surface area contributed by atoms with Gasteiger partial charge >= 0.3 is 0 Å². The summed E-state index contributed by atoms with van der Waals surface area (Å²) in [6, 6.07) is 11.2. The summed E-state index contributed by atoms with van der Waals surface area (Å²) >= 11 is 6.15. The van der Waals surface area contributed by atoms with Crippen LogP contribution < -0.4 is 14.2 Å². The normalized spacial score (nSPS) is 11.0. The van der Waals surface area contributed by atoms with E-state index in [1.165, 1.54) is 7.11 Å². The Bertz CT molecular complexity index is 714. The molecule has 0 bridgehead atoms. The molecule has 25 heavy (non-hydrogen) atoms. The van der Waals surface area contributed by atoms with Crippen LogP contribution in [0.4, 0.5) is 0 Å². The lowest BCUT2D eigenvalue weighted by molar-refractivity contribution is 0.132. The molecule has 0 fully saturated rings. The number of oxime groups is 1. The summed E-state index contributed by atoms with van der Waals surface area (Å²) in [5, 5.41) is 4.42. The van der Waals surface area contributed by atoms with Crippen LogP contribution in [0.15, 0.2) is 41.6 Å². The fraction of sp³-hybridized carbons (Fsp3) is 0.316. The molecule has 0 aliphatic heterocycles. The summed E-state index contributed by atoms with van der Waals surface area (Å²) in [4.78, 5) is 5.33. The van der Waals surface area contributed by atoms with Crippen molar-refractivity contribution in [2.45, 2.75) is 26.6 Å². The molecule has 0 aromatic heterocycles. The molecule has 0 atom stereocenters. The lowest BCUT2D eigenvalue weighted by atomic mass is 10.2. The molecule has 6 heteroatoms. The summed E-state index contributed by atoms with van der Waals surface area (Å²) in [6.45, 7) is 4.35. The number of methoxy groups -OCH3 is 2. The average Bonchev–Trinajstić information content (AvgIpc) is 2.59. The molecule has 0 spiro atoms. The van der Waals surface area contributed by atoms with E-state index in [1.807, 2.05) is 38.1 Å². The van der Waals surface area contributed by atoms with E-state index in [0.29, 0.717) is 23.1 Å². The topological polar surface area (TPSA) is 49.3 Å². The van der Waals surface area contributed by atoms with Crippen molar-refractivity contribution in [1.82, 2.24) is 0 Å². The molecule has 5 nitrogen and oxygen atoms in total. The maximum absolute atomic E-state index is 6.15. The second-order valence-corrected chi connectivity index (χ2v) is 5.96. The first-order chi connectivity index (χ1) is 12.0. The van der Waals surface area contributed by atoms with Gasteiger partial charge in [-0.25, -0.2) is 0 Å². The van der Waals surface area contributed by atoms with Crippen molar-refractivity contribution in [1.29, 1.82) is 0 Å². The lowest BCUT2D eigenvalue weighted by Gasteiger charge is -2.10. The van der Waals surface area contributed by atoms with Crippen molar-refractivity contribution < 1.29 is 19.0 Å². The van der Waals surface area contributed by atoms with E-state index in [0.717, 1.165) is 16.9 Å². The van der Waals surface area contributed by atoms with E-state index in [4.69, 9.17) is 30.6 Å². The van der Waals surface area contributed by atoms with E-state index in [2.05, 4.69) is 5.16 Å². The van der Waals surface area contributed by atoms with Gasteiger partial charge in [0, 0.05) is 5.56 Å². The molecule has 0 amide bonds. The number of ether oxygens (including phenoxy) is 3. The molecule has 0 saturated carbocycles. The highest BCUT2D eigenvalue weighted by Gasteiger charge is 2.09. The second-order valence-electron chi connectivity index (χ2n) is 5.56. The average molecular weight is 364 g/mol. The molecule has 0 unspecified atom stereocenters. The minimum Gasteiger partial charge on any atom is -0.493 e. The third-order valence-corrected chi connectivity index (χ3v) is 3.54. The van der Waals surface area contributed by atoms with E-state index in [-0.39, 0.29) is 6.10 Å². The summed E-state index contributed by atoms with van der Waals surface area (Å²) in [5.41, 5.74) is 1.75. The number of halogens is 1. The molecule has 0 radical (unpaired) electrons. The Labute approximate surface area is 153 Å². The molecule has 0 N–H and O–H groups in total. The van der Waals surface area contributed by atoms with Crippen molar-refractivity contribution in [2.75, 3.05) is 14.2 Å².